The first-order valence-electron chi connectivity index (χ1n) is 7.91. The Balaban J connectivity index is 1.78. The number of rotatable bonds is 2. The van der Waals surface area contributed by atoms with Crippen molar-refractivity contribution in [3.8, 4) is 22.5 Å². The number of nitrogens with zero attached hydrogens (tertiary/aromatic N) is 5. The molecule has 0 saturated carbocycles. The Morgan fingerprint density at radius 3 is 2.85 bits per heavy atom. The van der Waals surface area contributed by atoms with Gasteiger partial charge in [0.25, 0.3) is 0 Å². The second-order valence-electron chi connectivity index (χ2n) is 5.84. The number of hydrogen-bond donors (Lipinski definition) is 2. The summed E-state index contributed by atoms with van der Waals surface area (Å²) < 4.78 is 1.30. The van der Waals surface area contributed by atoms with E-state index in [4.69, 9.17) is 0 Å². The van der Waals surface area contributed by atoms with Gasteiger partial charge in [0.15, 0.2) is 5.65 Å². The second-order valence-corrected chi connectivity index (χ2v) is 5.84. The molecule has 0 bridgehead atoms. The summed E-state index contributed by atoms with van der Waals surface area (Å²) in [6.07, 6.45) is 4.94. The molecular formula is C18H12N6O2. The van der Waals surface area contributed by atoms with Crippen LogP contribution in [0.1, 0.15) is 0 Å². The Bertz CT molecular complexity index is 1320. The minimum absolute atomic E-state index is 0.249. The summed E-state index contributed by atoms with van der Waals surface area (Å²) in [6.45, 7) is 0. The molecule has 0 amide bonds. The Hall–Kier alpha value is -3.94. The molecule has 0 fully saturated rings. The molecule has 0 radical (unpaired) electrons. The van der Waals surface area contributed by atoms with Crippen LogP contribution >= 0.6 is 0 Å². The van der Waals surface area contributed by atoms with Crippen LogP contribution in [-0.2, 0) is 0 Å². The molecule has 0 unspecified atom stereocenters. The maximum atomic E-state index is 12.5. The van der Waals surface area contributed by atoms with Crippen LogP contribution in [0.2, 0.25) is 0 Å². The fourth-order valence-electron chi connectivity index (χ4n) is 3.03. The second kappa shape index (κ2) is 5.28. The van der Waals surface area contributed by atoms with Crippen molar-refractivity contribution in [3.05, 3.63) is 71.4 Å². The minimum atomic E-state index is -0.571. The topological polar surface area (TPSA) is 101 Å². The predicted octanol–water partition coefficient (Wildman–Crippen LogP) is 2.34. The van der Waals surface area contributed by atoms with E-state index < -0.39 is 5.56 Å². The van der Waals surface area contributed by atoms with Gasteiger partial charge in [-0.25, -0.2) is 9.50 Å². The average molecular weight is 344 g/mol. The van der Waals surface area contributed by atoms with Crippen molar-refractivity contribution in [1.29, 1.82) is 0 Å². The highest BCUT2D eigenvalue weighted by Gasteiger charge is 2.19. The molecule has 2 N–H and O–H groups in total. The van der Waals surface area contributed by atoms with Crippen molar-refractivity contribution in [2.45, 2.75) is 0 Å². The largest absolute Gasteiger partial charge is 0.410 e. The molecule has 26 heavy (non-hydrogen) atoms. The number of aromatic amines is 1. The molecule has 0 saturated heterocycles. The van der Waals surface area contributed by atoms with Crippen LogP contribution in [0.5, 0.6) is 0 Å². The fraction of sp³-hybridized carbons (Fsp3) is 0. The molecule has 4 heterocycles. The summed E-state index contributed by atoms with van der Waals surface area (Å²) in [5.74, 6) is 0. The molecule has 0 spiro atoms. The van der Waals surface area contributed by atoms with Crippen LogP contribution in [0.4, 0.5) is 0 Å². The van der Waals surface area contributed by atoms with Crippen LogP contribution in [-0.4, -0.2) is 34.7 Å². The highest BCUT2D eigenvalue weighted by molar-refractivity contribution is 5.84. The molecule has 126 valence electrons. The molecule has 5 aromatic rings. The van der Waals surface area contributed by atoms with Gasteiger partial charge in [0, 0.05) is 23.3 Å². The van der Waals surface area contributed by atoms with Crippen molar-refractivity contribution >= 4 is 16.6 Å². The summed E-state index contributed by atoms with van der Waals surface area (Å²) in [5, 5.41) is 18.0. The third kappa shape index (κ3) is 2.02. The van der Waals surface area contributed by atoms with Gasteiger partial charge in [-0.1, -0.05) is 17.0 Å². The average Bonchev–Trinajstić information content (AvgIpc) is 3.25. The van der Waals surface area contributed by atoms with Gasteiger partial charge in [0.1, 0.15) is 5.56 Å². The van der Waals surface area contributed by atoms with E-state index in [2.05, 4.69) is 20.2 Å². The van der Waals surface area contributed by atoms with Crippen molar-refractivity contribution in [2.75, 3.05) is 0 Å². The van der Waals surface area contributed by atoms with E-state index in [9.17, 15) is 10.0 Å². The normalized spacial score (nSPS) is 11.4. The lowest BCUT2D eigenvalue weighted by Crippen LogP contribution is -2.17. The third-order valence-electron chi connectivity index (χ3n) is 4.30. The Morgan fingerprint density at radius 2 is 2.00 bits per heavy atom. The van der Waals surface area contributed by atoms with E-state index in [1.165, 1.54) is 4.52 Å². The number of aromatic nitrogens is 6. The van der Waals surface area contributed by atoms with E-state index in [0.717, 1.165) is 16.5 Å². The summed E-state index contributed by atoms with van der Waals surface area (Å²) in [5.41, 5.74) is 2.96. The van der Waals surface area contributed by atoms with Gasteiger partial charge in [-0.2, -0.15) is 5.10 Å². The minimum Gasteiger partial charge on any atom is -0.410 e. The van der Waals surface area contributed by atoms with E-state index in [1.54, 1.807) is 42.9 Å². The fourth-order valence-corrected chi connectivity index (χ4v) is 3.03. The summed E-state index contributed by atoms with van der Waals surface area (Å²) in [6, 6.07) is 12.8. The summed E-state index contributed by atoms with van der Waals surface area (Å²) >= 11 is 0. The molecule has 1 aromatic carbocycles. The van der Waals surface area contributed by atoms with Crippen LogP contribution in [0, 0.1) is 0 Å². The van der Waals surface area contributed by atoms with Gasteiger partial charge < -0.3 is 5.21 Å². The van der Waals surface area contributed by atoms with E-state index in [0.29, 0.717) is 21.9 Å². The van der Waals surface area contributed by atoms with Crippen molar-refractivity contribution < 1.29 is 5.21 Å². The number of fused-ring (bicyclic) bond motifs is 2. The number of benzene rings is 1. The Morgan fingerprint density at radius 1 is 1.08 bits per heavy atom. The molecule has 5 rings (SSSR count). The highest BCUT2D eigenvalue weighted by Crippen LogP contribution is 2.24. The van der Waals surface area contributed by atoms with Crippen molar-refractivity contribution in [3.63, 3.8) is 0 Å². The Labute approximate surface area is 145 Å². The number of H-pyrrole nitrogens is 1. The van der Waals surface area contributed by atoms with Crippen LogP contribution in [0.15, 0.2) is 65.8 Å². The monoisotopic (exact) mass is 344 g/mol. The smallest absolute Gasteiger partial charge is 0.314 e. The van der Waals surface area contributed by atoms with E-state index in [1.807, 2.05) is 18.2 Å². The van der Waals surface area contributed by atoms with Gasteiger partial charge in [0.05, 0.1) is 23.1 Å². The van der Waals surface area contributed by atoms with Crippen LogP contribution < -0.4 is 5.56 Å². The van der Waals surface area contributed by atoms with Gasteiger partial charge in [-0.15, -0.1) is 0 Å². The highest BCUT2D eigenvalue weighted by atomic mass is 16.5. The molecule has 0 aliphatic heterocycles. The van der Waals surface area contributed by atoms with Gasteiger partial charge in [-0.3, -0.25) is 14.9 Å². The third-order valence-corrected chi connectivity index (χ3v) is 4.30. The maximum absolute atomic E-state index is 12.5. The lowest BCUT2D eigenvalue weighted by Gasteiger charge is -2.04. The first-order chi connectivity index (χ1) is 12.7. The molecule has 4 aromatic heterocycles. The molecule has 8 heteroatoms. The summed E-state index contributed by atoms with van der Waals surface area (Å²) in [4.78, 5) is 21.8. The number of nitrogens with one attached hydrogen (secondary N) is 1. The first kappa shape index (κ1) is 14.4. The van der Waals surface area contributed by atoms with Gasteiger partial charge >= 0.3 is 5.56 Å². The lowest BCUT2D eigenvalue weighted by molar-refractivity contribution is 0.128. The number of pyridine rings is 1. The molecule has 0 aliphatic rings. The van der Waals surface area contributed by atoms with Crippen molar-refractivity contribution in [1.82, 2.24) is 29.5 Å². The zero-order valence-corrected chi connectivity index (χ0v) is 13.4. The SMILES string of the molecule is O=c1c(-c2ccccn2)c2nc(-c3ccc4[nH]ncc4c3)ccn2n1O. The maximum Gasteiger partial charge on any atom is 0.314 e. The molecule has 8 nitrogen and oxygen atoms in total. The zero-order chi connectivity index (χ0) is 17.7. The van der Waals surface area contributed by atoms with Crippen LogP contribution in [0.25, 0.3) is 39.1 Å². The number of hydrogen-bond acceptors (Lipinski definition) is 5. The standard InChI is InChI=1S/C18H12N6O2/c25-18-16(15-3-1-2-7-19-15)17-21-13(6-8-23(17)24(18)26)11-4-5-14-12(9-11)10-20-22-14/h1-10,26H,(H,20,22). The van der Waals surface area contributed by atoms with E-state index >= 15 is 0 Å². The lowest BCUT2D eigenvalue weighted by atomic mass is 10.1. The van der Waals surface area contributed by atoms with E-state index in [-0.39, 0.29) is 5.56 Å². The van der Waals surface area contributed by atoms with Gasteiger partial charge in [0.2, 0.25) is 0 Å². The Kier molecular flexibility index (Phi) is 2.93. The quantitative estimate of drug-likeness (QED) is 0.479. The summed E-state index contributed by atoms with van der Waals surface area (Å²) in [7, 11) is 0. The van der Waals surface area contributed by atoms with Crippen molar-refractivity contribution in [2.24, 2.45) is 0 Å². The zero-order valence-electron chi connectivity index (χ0n) is 13.4. The predicted molar refractivity (Wildman–Crippen MR) is 95.0 cm³/mol. The van der Waals surface area contributed by atoms with Gasteiger partial charge in [-0.05, 0) is 30.3 Å². The first-order valence-corrected chi connectivity index (χ1v) is 7.91. The molecular weight excluding hydrogens is 332 g/mol. The molecule has 0 atom stereocenters. The molecule has 0 aliphatic carbocycles. The van der Waals surface area contributed by atoms with Crippen LogP contribution in [0.3, 0.4) is 0 Å².